The average molecular weight is 226 g/mol. The first kappa shape index (κ1) is 12.4. The van der Waals surface area contributed by atoms with E-state index in [1.807, 2.05) is 0 Å². The van der Waals surface area contributed by atoms with Gasteiger partial charge in [0.25, 0.3) is 0 Å². The van der Waals surface area contributed by atoms with Gasteiger partial charge in [0.2, 0.25) is 0 Å². The van der Waals surface area contributed by atoms with Crippen molar-refractivity contribution in [1.29, 1.82) is 0 Å². The van der Waals surface area contributed by atoms with Crippen molar-refractivity contribution in [1.82, 2.24) is 0 Å². The lowest BCUT2D eigenvalue weighted by Crippen LogP contribution is -2.51. The summed E-state index contributed by atoms with van der Waals surface area (Å²) in [6.45, 7) is 5.15. The highest BCUT2D eigenvalue weighted by molar-refractivity contribution is 4.99. The topological polar surface area (TPSA) is 29.5 Å². The number of hydrogen-bond donors (Lipinski definition) is 1. The predicted octanol–water partition coefficient (Wildman–Crippen LogP) is 3.28. The first-order chi connectivity index (χ1) is 7.64. The van der Waals surface area contributed by atoms with Crippen LogP contribution in [-0.4, -0.2) is 22.9 Å². The summed E-state index contributed by atoms with van der Waals surface area (Å²) in [5, 5.41) is 10.7. The van der Waals surface area contributed by atoms with Gasteiger partial charge in [-0.25, -0.2) is 0 Å². The average Bonchev–Trinajstić information content (AvgIpc) is 2.27. The van der Waals surface area contributed by atoms with Crippen molar-refractivity contribution in [3.8, 4) is 0 Å². The molecule has 16 heavy (non-hydrogen) atoms. The lowest BCUT2D eigenvalue weighted by Gasteiger charge is -2.51. The summed E-state index contributed by atoms with van der Waals surface area (Å²) in [6.07, 6.45) is 8.81. The summed E-state index contributed by atoms with van der Waals surface area (Å²) >= 11 is 0. The third-order valence-electron chi connectivity index (χ3n) is 4.81. The van der Waals surface area contributed by atoms with Gasteiger partial charge in [-0.1, -0.05) is 20.3 Å². The number of aliphatic hydroxyl groups is 1. The Kier molecular flexibility index (Phi) is 3.60. The highest BCUT2D eigenvalue weighted by Gasteiger charge is 2.47. The third-order valence-corrected chi connectivity index (χ3v) is 4.81. The van der Waals surface area contributed by atoms with Gasteiger partial charge in [0, 0.05) is 6.61 Å². The molecule has 0 aromatic carbocycles. The molecule has 1 saturated carbocycles. The molecular weight excluding hydrogens is 200 g/mol. The third kappa shape index (κ3) is 2.14. The molecule has 94 valence electrons. The molecule has 0 amide bonds. The summed E-state index contributed by atoms with van der Waals surface area (Å²) in [4.78, 5) is 0. The van der Waals surface area contributed by atoms with Crippen molar-refractivity contribution in [3.63, 3.8) is 0 Å². The van der Waals surface area contributed by atoms with Gasteiger partial charge in [-0.15, -0.1) is 0 Å². The standard InChI is InChI=1S/C14H26O2/c1-3-7-14(15,4-2)12-6-10-16-13(11-12)8-5-9-13/h12,15H,3-11H2,1-2H3. The first-order valence-corrected chi connectivity index (χ1v) is 7.00. The monoisotopic (exact) mass is 226 g/mol. The van der Waals surface area contributed by atoms with E-state index in [1.165, 1.54) is 19.3 Å². The minimum absolute atomic E-state index is 0.166. The zero-order chi connectivity index (χ0) is 11.6. The van der Waals surface area contributed by atoms with Crippen molar-refractivity contribution >= 4 is 0 Å². The molecule has 1 aliphatic carbocycles. The second-order valence-corrected chi connectivity index (χ2v) is 5.78. The predicted molar refractivity (Wildman–Crippen MR) is 65.4 cm³/mol. The fourth-order valence-electron chi connectivity index (χ4n) is 3.51. The maximum atomic E-state index is 10.7. The fraction of sp³-hybridized carbons (Fsp3) is 1.00. The summed E-state index contributed by atoms with van der Waals surface area (Å²) in [5.74, 6) is 0.464. The Bertz CT molecular complexity index is 235. The number of rotatable bonds is 4. The van der Waals surface area contributed by atoms with E-state index in [4.69, 9.17) is 4.74 Å². The van der Waals surface area contributed by atoms with Gasteiger partial charge in [0.05, 0.1) is 11.2 Å². The Morgan fingerprint density at radius 1 is 1.38 bits per heavy atom. The molecule has 1 spiro atoms. The Balaban J connectivity index is 2.01. The smallest absolute Gasteiger partial charge is 0.0686 e. The van der Waals surface area contributed by atoms with Gasteiger partial charge in [-0.3, -0.25) is 0 Å². The van der Waals surface area contributed by atoms with Crippen LogP contribution in [0.15, 0.2) is 0 Å². The van der Waals surface area contributed by atoms with Gasteiger partial charge >= 0.3 is 0 Å². The van der Waals surface area contributed by atoms with E-state index in [0.717, 1.165) is 38.7 Å². The molecule has 0 radical (unpaired) electrons. The van der Waals surface area contributed by atoms with E-state index in [0.29, 0.717) is 5.92 Å². The van der Waals surface area contributed by atoms with Crippen LogP contribution >= 0.6 is 0 Å². The molecule has 1 aliphatic heterocycles. The highest BCUT2D eigenvalue weighted by Crippen LogP contribution is 2.48. The van der Waals surface area contributed by atoms with Crippen molar-refractivity contribution in [3.05, 3.63) is 0 Å². The molecule has 2 atom stereocenters. The first-order valence-electron chi connectivity index (χ1n) is 7.00. The van der Waals surface area contributed by atoms with Crippen molar-refractivity contribution in [2.45, 2.75) is 76.4 Å². The summed E-state index contributed by atoms with van der Waals surface area (Å²) < 4.78 is 5.94. The van der Waals surface area contributed by atoms with Crippen molar-refractivity contribution < 1.29 is 9.84 Å². The molecule has 2 fully saturated rings. The molecule has 0 aromatic rings. The summed E-state index contributed by atoms with van der Waals surface area (Å²) in [6, 6.07) is 0. The Morgan fingerprint density at radius 3 is 2.62 bits per heavy atom. The Morgan fingerprint density at radius 2 is 2.12 bits per heavy atom. The lowest BCUT2D eigenvalue weighted by molar-refractivity contribution is -0.177. The minimum atomic E-state index is -0.429. The van der Waals surface area contributed by atoms with E-state index < -0.39 is 5.60 Å². The second-order valence-electron chi connectivity index (χ2n) is 5.78. The van der Waals surface area contributed by atoms with E-state index >= 15 is 0 Å². The SMILES string of the molecule is CCCC(O)(CC)C1CCOC2(CCC2)C1. The molecule has 1 saturated heterocycles. The number of hydrogen-bond acceptors (Lipinski definition) is 2. The molecule has 0 aromatic heterocycles. The highest BCUT2D eigenvalue weighted by atomic mass is 16.5. The Hall–Kier alpha value is -0.0800. The van der Waals surface area contributed by atoms with Crippen LogP contribution in [0.25, 0.3) is 0 Å². The maximum absolute atomic E-state index is 10.7. The van der Waals surface area contributed by atoms with Crippen LogP contribution in [0.3, 0.4) is 0 Å². The fourth-order valence-corrected chi connectivity index (χ4v) is 3.51. The molecule has 2 heteroatoms. The molecule has 1 heterocycles. The second kappa shape index (κ2) is 4.66. The van der Waals surface area contributed by atoms with Crippen LogP contribution in [0.1, 0.15) is 65.2 Å². The van der Waals surface area contributed by atoms with Crippen LogP contribution < -0.4 is 0 Å². The molecule has 2 nitrogen and oxygen atoms in total. The van der Waals surface area contributed by atoms with Crippen LogP contribution in [0, 0.1) is 5.92 Å². The molecular formula is C14H26O2. The summed E-state index contributed by atoms with van der Waals surface area (Å²) in [5.41, 5.74) is -0.263. The lowest BCUT2D eigenvalue weighted by atomic mass is 9.66. The van der Waals surface area contributed by atoms with E-state index in [2.05, 4.69) is 13.8 Å². The summed E-state index contributed by atoms with van der Waals surface area (Å²) in [7, 11) is 0. The quantitative estimate of drug-likeness (QED) is 0.797. The van der Waals surface area contributed by atoms with Gasteiger partial charge < -0.3 is 9.84 Å². The van der Waals surface area contributed by atoms with Crippen molar-refractivity contribution in [2.75, 3.05) is 6.61 Å². The van der Waals surface area contributed by atoms with Crippen molar-refractivity contribution in [2.24, 2.45) is 5.92 Å². The van der Waals surface area contributed by atoms with E-state index in [9.17, 15) is 5.11 Å². The van der Waals surface area contributed by atoms with Crippen LogP contribution in [0.2, 0.25) is 0 Å². The molecule has 0 bridgehead atoms. The molecule has 2 aliphatic rings. The van der Waals surface area contributed by atoms with E-state index in [-0.39, 0.29) is 5.60 Å². The maximum Gasteiger partial charge on any atom is 0.0686 e. The normalized spacial score (nSPS) is 32.1. The zero-order valence-electron chi connectivity index (χ0n) is 10.8. The number of ether oxygens (including phenoxy) is 1. The molecule has 2 rings (SSSR count). The largest absolute Gasteiger partial charge is 0.390 e. The Labute approximate surface area is 99.4 Å². The van der Waals surface area contributed by atoms with E-state index in [1.54, 1.807) is 0 Å². The van der Waals surface area contributed by atoms with Gasteiger partial charge in [0.15, 0.2) is 0 Å². The minimum Gasteiger partial charge on any atom is -0.390 e. The van der Waals surface area contributed by atoms with Gasteiger partial charge in [-0.2, -0.15) is 0 Å². The zero-order valence-corrected chi connectivity index (χ0v) is 10.8. The van der Waals surface area contributed by atoms with Crippen LogP contribution in [0.4, 0.5) is 0 Å². The van der Waals surface area contributed by atoms with Gasteiger partial charge in [0.1, 0.15) is 0 Å². The molecule has 1 N–H and O–H groups in total. The van der Waals surface area contributed by atoms with Crippen LogP contribution in [0.5, 0.6) is 0 Å². The molecule has 2 unspecified atom stereocenters. The van der Waals surface area contributed by atoms with Crippen LogP contribution in [-0.2, 0) is 4.74 Å². The van der Waals surface area contributed by atoms with Gasteiger partial charge in [-0.05, 0) is 50.9 Å².